The van der Waals surface area contributed by atoms with Crippen molar-refractivity contribution in [1.82, 2.24) is 4.90 Å². The Kier molecular flexibility index (Phi) is 5.35. The van der Waals surface area contributed by atoms with Gasteiger partial charge in [0.25, 0.3) is 0 Å². The monoisotopic (exact) mass is 307 g/mol. The molecule has 1 aromatic carbocycles. The second-order valence-corrected chi connectivity index (χ2v) is 6.33. The standard InChI is InChI=1S/C16H18ClNOS/c1-12(16(19)13-5-3-6-14(17)11-13)18(2)9-8-15-7-4-10-20-15/h3-7,10-12H,8-9H2,1-2H3. The Bertz CT molecular complexity index is 568. The van der Waals surface area contributed by atoms with Crippen LogP contribution in [0.5, 0.6) is 0 Å². The van der Waals surface area contributed by atoms with Crippen LogP contribution in [0.2, 0.25) is 5.02 Å². The maximum absolute atomic E-state index is 12.4. The molecule has 1 aromatic heterocycles. The van der Waals surface area contributed by atoms with Crippen LogP contribution in [0.1, 0.15) is 22.2 Å². The summed E-state index contributed by atoms with van der Waals surface area (Å²) in [5.74, 6) is 0.112. The molecule has 0 aliphatic carbocycles. The molecule has 2 aromatic rings. The van der Waals surface area contributed by atoms with E-state index in [1.165, 1.54) is 4.88 Å². The van der Waals surface area contributed by atoms with Crippen LogP contribution in [0.15, 0.2) is 41.8 Å². The number of nitrogens with zero attached hydrogens (tertiary/aromatic N) is 1. The quantitative estimate of drug-likeness (QED) is 0.747. The summed E-state index contributed by atoms with van der Waals surface area (Å²) in [5.41, 5.74) is 0.674. The molecule has 0 amide bonds. The highest BCUT2D eigenvalue weighted by molar-refractivity contribution is 7.09. The molecular weight excluding hydrogens is 290 g/mol. The number of carbonyl (C=O) groups is 1. The molecule has 4 heteroatoms. The van der Waals surface area contributed by atoms with Crippen LogP contribution in [0, 0.1) is 0 Å². The van der Waals surface area contributed by atoms with Gasteiger partial charge in [0.15, 0.2) is 5.78 Å². The fraction of sp³-hybridized carbons (Fsp3) is 0.312. The SMILES string of the molecule is CC(C(=O)c1cccc(Cl)c1)N(C)CCc1cccs1. The van der Waals surface area contributed by atoms with E-state index < -0.39 is 0 Å². The Morgan fingerprint density at radius 3 is 2.80 bits per heavy atom. The van der Waals surface area contributed by atoms with E-state index in [-0.39, 0.29) is 11.8 Å². The normalized spacial score (nSPS) is 12.6. The third-order valence-electron chi connectivity index (χ3n) is 3.44. The van der Waals surface area contributed by atoms with E-state index in [4.69, 9.17) is 11.6 Å². The number of halogens is 1. The number of likely N-dealkylation sites (N-methyl/N-ethyl adjacent to an activating group) is 1. The molecule has 106 valence electrons. The molecule has 2 rings (SSSR count). The van der Waals surface area contributed by atoms with Crippen molar-refractivity contribution >= 4 is 28.7 Å². The van der Waals surface area contributed by atoms with Gasteiger partial charge in [-0.2, -0.15) is 0 Å². The summed E-state index contributed by atoms with van der Waals surface area (Å²) in [6.07, 6.45) is 0.974. The zero-order chi connectivity index (χ0) is 14.5. The summed E-state index contributed by atoms with van der Waals surface area (Å²) in [6.45, 7) is 2.81. The molecule has 0 saturated heterocycles. The average molecular weight is 308 g/mol. The van der Waals surface area contributed by atoms with Crippen LogP contribution in [0.25, 0.3) is 0 Å². The fourth-order valence-corrected chi connectivity index (χ4v) is 2.91. The molecule has 1 atom stereocenters. The van der Waals surface area contributed by atoms with Gasteiger partial charge in [0.2, 0.25) is 0 Å². The molecule has 0 fully saturated rings. The van der Waals surface area contributed by atoms with E-state index >= 15 is 0 Å². The zero-order valence-corrected chi connectivity index (χ0v) is 13.2. The van der Waals surface area contributed by atoms with Gasteiger partial charge in [-0.15, -0.1) is 11.3 Å². The van der Waals surface area contributed by atoms with Gasteiger partial charge in [-0.05, 0) is 44.0 Å². The van der Waals surface area contributed by atoms with Crippen LogP contribution in [-0.2, 0) is 6.42 Å². The Morgan fingerprint density at radius 1 is 1.35 bits per heavy atom. The summed E-state index contributed by atoms with van der Waals surface area (Å²) in [5, 5.41) is 2.68. The number of benzene rings is 1. The number of thiophene rings is 1. The first-order valence-electron chi connectivity index (χ1n) is 6.60. The molecule has 2 nitrogen and oxygen atoms in total. The first-order chi connectivity index (χ1) is 9.58. The highest BCUT2D eigenvalue weighted by atomic mass is 35.5. The molecule has 0 saturated carbocycles. The number of Topliss-reactive ketones (excluding diaryl/α,β-unsaturated/α-hetero) is 1. The molecular formula is C16H18ClNOS. The Morgan fingerprint density at radius 2 is 2.15 bits per heavy atom. The third-order valence-corrected chi connectivity index (χ3v) is 4.61. The fourth-order valence-electron chi connectivity index (χ4n) is 2.02. The highest BCUT2D eigenvalue weighted by Crippen LogP contribution is 2.15. The van der Waals surface area contributed by atoms with E-state index in [9.17, 15) is 4.79 Å². The first kappa shape index (κ1) is 15.2. The minimum absolute atomic E-state index is 0.112. The van der Waals surface area contributed by atoms with Crippen molar-refractivity contribution in [2.45, 2.75) is 19.4 Å². The Hall–Kier alpha value is -1.16. The van der Waals surface area contributed by atoms with Crippen molar-refractivity contribution in [3.05, 3.63) is 57.2 Å². The number of ketones is 1. The van der Waals surface area contributed by atoms with Gasteiger partial charge in [0.05, 0.1) is 6.04 Å². The van der Waals surface area contributed by atoms with Crippen LogP contribution < -0.4 is 0 Å². The van der Waals surface area contributed by atoms with Gasteiger partial charge < -0.3 is 0 Å². The maximum atomic E-state index is 12.4. The number of hydrogen-bond donors (Lipinski definition) is 0. The largest absolute Gasteiger partial charge is 0.296 e. The number of rotatable bonds is 6. The van der Waals surface area contributed by atoms with Gasteiger partial charge in [-0.25, -0.2) is 0 Å². The van der Waals surface area contributed by atoms with Gasteiger partial charge in [-0.3, -0.25) is 9.69 Å². The predicted molar refractivity (Wildman–Crippen MR) is 85.9 cm³/mol. The number of hydrogen-bond acceptors (Lipinski definition) is 3. The van der Waals surface area contributed by atoms with E-state index in [0.717, 1.165) is 13.0 Å². The van der Waals surface area contributed by atoms with E-state index in [1.807, 2.05) is 26.1 Å². The van der Waals surface area contributed by atoms with Crippen LogP contribution in [0.4, 0.5) is 0 Å². The lowest BCUT2D eigenvalue weighted by Crippen LogP contribution is -2.37. The second kappa shape index (κ2) is 7.02. The third kappa shape index (κ3) is 3.92. The highest BCUT2D eigenvalue weighted by Gasteiger charge is 2.19. The summed E-state index contributed by atoms with van der Waals surface area (Å²) >= 11 is 7.69. The maximum Gasteiger partial charge on any atom is 0.179 e. The second-order valence-electron chi connectivity index (χ2n) is 4.86. The molecule has 0 aliphatic heterocycles. The molecule has 0 radical (unpaired) electrons. The van der Waals surface area contributed by atoms with Crippen molar-refractivity contribution in [2.75, 3.05) is 13.6 Å². The van der Waals surface area contributed by atoms with Gasteiger partial charge in [0, 0.05) is 22.0 Å². The lowest BCUT2D eigenvalue weighted by molar-refractivity contribution is 0.0870. The molecule has 20 heavy (non-hydrogen) atoms. The topological polar surface area (TPSA) is 20.3 Å². The lowest BCUT2D eigenvalue weighted by atomic mass is 10.0. The van der Waals surface area contributed by atoms with Gasteiger partial charge >= 0.3 is 0 Å². The molecule has 0 aliphatic rings. The van der Waals surface area contributed by atoms with Crippen LogP contribution >= 0.6 is 22.9 Å². The summed E-state index contributed by atoms with van der Waals surface area (Å²) in [4.78, 5) is 15.8. The molecule has 0 N–H and O–H groups in total. The van der Waals surface area contributed by atoms with E-state index in [0.29, 0.717) is 10.6 Å². The van der Waals surface area contributed by atoms with Crippen molar-refractivity contribution in [3.8, 4) is 0 Å². The van der Waals surface area contributed by atoms with Crippen molar-refractivity contribution in [3.63, 3.8) is 0 Å². The van der Waals surface area contributed by atoms with Gasteiger partial charge in [0.1, 0.15) is 0 Å². The zero-order valence-electron chi connectivity index (χ0n) is 11.7. The molecule has 0 spiro atoms. The minimum Gasteiger partial charge on any atom is -0.296 e. The van der Waals surface area contributed by atoms with Crippen molar-refractivity contribution in [2.24, 2.45) is 0 Å². The van der Waals surface area contributed by atoms with Gasteiger partial charge in [-0.1, -0.05) is 29.8 Å². The summed E-state index contributed by atoms with van der Waals surface area (Å²) in [7, 11) is 1.99. The minimum atomic E-state index is -0.145. The molecule has 1 heterocycles. The Labute approximate surface area is 129 Å². The summed E-state index contributed by atoms with van der Waals surface area (Å²) in [6, 6.07) is 11.2. The van der Waals surface area contributed by atoms with Crippen molar-refractivity contribution < 1.29 is 4.79 Å². The Balaban J connectivity index is 1.95. The van der Waals surface area contributed by atoms with E-state index in [2.05, 4.69) is 22.4 Å². The van der Waals surface area contributed by atoms with Crippen molar-refractivity contribution in [1.29, 1.82) is 0 Å². The van der Waals surface area contributed by atoms with E-state index in [1.54, 1.807) is 23.5 Å². The smallest absolute Gasteiger partial charge is 0.179 e. The lowest BCUT2D eigenvalue weighted by Gasteiger charge is -2.23. The first-order valence-corrected chi connectivity index (χ1v) is 7.86. The average Bonchev–Trinajstić information content (AvgIpc) is 2.96. The van der Waals surface area contributed by atoms with Crippen LogP contribution in [-0.4, -0.2) is 30.3 Å². The van der Waals surface area contributed by atoms with Crippen LogP contribution in [0.3, 0.4) is 0 Å². The molecule has 1 unspecified atom stereocenters. The summed E-state index contributed by atoms with van der Waals surface area (Å²) < 4.78 is 0. The molecule has 0 bridgehead atoms. The number of carbonyl (C=O) groups excluding carboxylic acids is 1. The predicted octanol–water partition coefficient (Wildman–Crippen LogP) is 4.15.